The highest BCUT2D eigenvalue weighted by Crippen LogP contribution is 2.30. The Morgan fingerprint density at radius 3 is 2.77 bits per heavy atom. The van der Waals surface area contributed by atoms with E-state index in [2.05, 4.69) is 30.8 Å². The van der Waals surface area contributed by atoms with Crippen LogP contribution in [0.5, 0.6) is 0 Å². The lowest BCUT2D eigenvalue weighted by Gasteiger charge is -2.29. The number of carbonyl (C=O) groups is 3. The van der Waals surface area contributed by atoms with E-state index in [1.165, 1.54) is 34.9 Å². The van der Waals surface area contributed by atoms with E-state index < -0.39 is 35.2 Å². The highest BCUT2D eigenvalue weighted by Gasteiger charge is 2.37. The summed E-state index contributed by atoms with van der Waals surface area (Å²) in [5, 5.41) is 35.0. The average Bonchev–Trinajstić information content (AvgIpc) is 3.42. The molecule has 1 unspecified atom stereocenters. The van der Waals surface area contributed by atoms with Gasteiger partial charge in [-0.15, -0.1) is 28.2 Å². The average molecular weight is 544 g/mol. The number of amides is 1. The van der Waals surface area contributed by atoms with Gasteiger partial charge in [-0.2, -0.15) is 0 Å². The van der Waals surface area contributed by atoms with Crippen LogP contribution in [0.15, 0.2) is 15.5 Å². The molecule has 0 aliphatic carbocycles. The number of hydrogen-bond donors (Lipinski definition) is 4. The molecule has 190 valence electrons. The van der Waals surface area contributed by atoms with Crippen LogP contribution in [0.1, 0.15) is 5.69 Å². The van der Waals surface area contributed by atoms with Gasteiger partial charge in [0.2, 0.25) is 11.1 Å². The van der Waals surface area contributed by atoms with Gasteiger partial charge in [-0.1, -0.05) is 11.8 Å². The summed E-state index contributed by atoms with van der Waals surface area (Å²) in [5.74, 6) is -2.91. The van der Waals surface area contributed by atoms with Crippen LogP contribution in [0.2, 0.25) is 0 Å². The zero-order valence-electron chi connectivity index (χ0n) is 18.9. The van der Waals surface area contributed by atoms with Crippen LogP contribution in [0.3, 0.4) is 0 Å². The summed E-state index contributed by atoms with van der Waals surface area (Å²) in [6.07, 6.45) is -0.147. The van der Waals surface area contributed by atoms with Crippen LogP contribution in [0, 0.1) is 5.92 Å². The molecule has 14 nitrogen and oxygen atoms in total. The Kier molecular flexibility index (Phi) is 9.41. The highest BCUT2D eigenvalue weighted by atomic mass is 32.2. The number of carboxylic acid groups (broad SMARTS) is 2. The first-order valence-electron chi connectivity index (χ1n) is 10.3. The molecule has 0 spiro atoms. The van der Waals surface area contributed by atoms with E-state index in [0.717, 1.165) is 6.54 Å². The molecule has 0 radical (unpaired) electrons. The van der Waals surface area contributed by atoms with Gasteiger partial charge in [0.05, 0.1) is 18.7 Å². The molecule has 0 fully saturated rings. The molecule has 0 saturated heterocycles. The molecule has 5 N–H and O–H groups in total. The fourth-order valence-electron chi connectivity index (χ4n) is 3.06. The van der Waals surface area contributed by atoms with Gasteiger partial charge >= 0.3 is 11.9 Å². The molecule has 0 bridgehead atoms. The summed E-state index contributed by atoms with van der Waals surface area (Å²) in [6, 6.07) is -1.40. The molecule has 3 rings (SSSR count). The van der Waals surface area contributed by atoms with Crippen molar-refractivity contribution in [2.45, 2.75) is 29.5 Å². The lowest BCUT2D eigenvalue weighted by molar-refractivity contribution is -0.141. The fourth-order valence-corrected chi connectivity index (χ4v) is 6.04. The maximum absolute atomic E-state index is 12.4. The van der Waals surface area contributed by atoms with Crippen LogP contribution < -0.4 is 11.1 Å². The minimum absolute atomic E-state index is 0.138. The quantitative estimate of drug-likeness (QED) is 0.247. The number of aliphatic carboxylic acids is 2. The second-order valence-electron chi connectivity index (χ2n) is 7.78. The van der Waals surface area contributed by atoms with Gasteiger partial charge < -0.3 is 26.2 Å². The number of nitrogens with one attached hydrogen (secondary N) is 1. The van der Waals surface area contributed by atoms with Crippen molar-refractivity contribution in [3.63, 3.8) is 0 Å². The number of aromatic nitrogens is 5. The van der Waals surface area contributed by atoms with Crippen molar-refractivity contribution >= 4 is 63.5 Å². The Morgan fingerprint density at radius 1 is 1.37 bits per heavy atom. The number of rotatable bonds is 12. The molecule has 3 atom stereocenters. The first-order valence-corrected chi connectivity index (χ1v) is 13.2. The van der Waals surface area contributed by atoms with Crippen molar-refractivity contribution in [2.75, 3.05) is 37.9 Å². The Morgan fingerprint density at radius 2 is 2.14 bits per heavy atom. The summed E-state index contributed by atoms with van der Waals surface area (Å²) in [6.45, 7) is 1.32. The lowest BCUT2D eigenvalue weighted by atomic mass is 10.1. The Balaban J connectivity index is 1.66. The topological polar surface area (TPSA) is 202 Å². The van der Waals surface area contributed by atoms with E-state index in [0.29, 0.717) is 34.0 Å². The van der Waals surface area contributed by atoms with E-state index in [9.17, 15) is 24.6 Å². The molecular weight excluding hydrogens is 518 g/mol. The number of thioether (sulfide) groups is 2. The van der Waals surface area contributed by atoms with Crippen LogP contribution in [-0.2, 0) is 27.3 Å². The Bertz CT molecular complexity index is 1090. The molecule has 1 aliphatic rings. The first kappa shape index (κ1) is 26.8. The van der Waals surface area contributed by atoms with Gasteiger partial charge in [0.15, 0.2) is 11.2 Å². The van der Waals surface area contributed by atoms with Crippen molar-refractivity contribution < 1.29 is 24.6 Å². The molecule has 2 aromatic heterocycles. The molecule has 0 saturated carbocycles. The van der Waals surface area contributed by atoms with Gasteiger partial charge in [0.25, 0.3) is 0 Å². The molecule has 2 aromatic rings. The normalized spacial score (nSPS) is 18.8. The van der Waals surface area contributed by atoms with Crippen molar-refractivity contribution in [1.82, 2.24) is 35.4 Å². The van der Waals surface area contributed by atoms with Gasteiger partial charge in [-0.3, -0.25) is 9.79 Å². The molecule has 1 amide bonds. The van der Waals surface area contributed by atoms with Crippen LogP contribution in [0.4, 0.5) is 5.13 Å². The minimum Gasteiger partial charge on any atom is -0.480 e. The standard InChI is InChI=1S/C18H25N9O5S3/c1-26(2)3-4-27-18(23-24-25-27)35-7-9-6-33-14(22-12(9)15(29)30)13(16(31)32)21-11(28)5-10-8-34-17(19)20-10/h8-9,13-14H,3-7H2,1-2H3,(H2,19,20)(H,21,28)(H,29,30)(H,31,32)/t9?,13-,14+/m0/s1. The number of nitrogens with two attached hydrogens (primary N) is 1. The van der Waals surface area contributed by atoms with Crippen LogP contribution >= 0.6 is 34.9 Å². The van der Waals surface area contributed by atoms with Gasteiger partial charge in [-0.05, 0) is 24.5 Å². The minimum atomic E-state index is -1.40. The van der Waals surface area contributed by atoms with E-state index in [1.807, 2.05) is 19.0 Å². The maximum atomic E-state index is 12.4. The van der Waals surface area contributed by atoms with Crippen molar-refractivity contribution in [3.8, 4) is 0 Å². The van der Waals surface area contributed by atoms with Crippen LogP contribution in [0.25, 0.3) is 0 Å². The molecule has 1 aliphatic heterocycles. The summed E-state index contributed by atoms with van der Waals surface area (Å²) < 4.78 is 1.65. The Labute approximate surface area is 212 Å². The van der Waals surface area contributed by atoms with Crippen molar-refractivity contribution in [3.05, 3.63) is 11.1 Å². The molecule has 3 heterocycles. The number of thiazole rings is 1. The second kappa shape index (κ2) is 12.3. The summed E-state index contributed by atoms with van der Waals surface area (Å²) >= 11 is 3.66. The van der Waals surface area contributed by atoms with Gasteiger partial charge in [0.1, 0.15) is 11.1 Å². The number of tetrazole rings is 1. The van der Waals surface area contributed by atoms with E-state index >= 15 is 0 Å². The number of hydrogen-bond acceptors (Lipinski definition) is 13. The summed E-state index contributed by atoms with van der Waals surface area (Å²) in [7, 11) is 3.87. The van der Waals surface area contributed by atoms with E-state index in [4.69, 9.17) is 5.73 Å². The van der Waals surface area contributed by atoms with Crippen molar-refractivity contribution in [2.24, 2.45) is 10.9 Å². The number of anilines is 1. The van der Waals surface area contributed by atoms with E-state index in [-0.39, 0.29) is 12.1 Å². The van der Waals surface area contributed by atoms with Gasteiger partial charge in [-0.25, -0.2) is 19.3 Å². The molecule has 0 aromatic carbocycles. The summed E-state index contributed by atoms with van der Waals surface area (Å²) in [4.78, 5) is 46.3. The number of carboxylic acids is 2. The maximum Gasteiger partial charge on any atom is 0.350 e. The van der Waals surface area contributed by atoms with Gasteiger partial charge in [0, 0.05) is 29.3 Å². The third-order valence-electron chi connectivity index (χ3n) is 4.79. The second-order valence-corrected chi connectivity index (χ2v) is 10.8. The predicted molar refractivity (Wildman–Crippen MR) is 132 cm³/mol. The van der Waals surface area contributed by atoms with Crippen molar-refractivity contribution in [1.29, 1.82) is 0 Å². The third-order valence-corrected chi connectivity index (χ3v) is 7.95. The highest BCUT2D eigenvalue weighted by molar-refractivity contribution is 8.00. The molecule has 17 heteroatoms. The lowest BCUT2D eigenvalue weighted by Crippen LogP contribution is -2.49. The Hall–Kier alpha value is -2.76. The number of carbonyl (C=O) groups excluding carboxylic acids is 1. The number of aliphatic imine (C=N–C) groups is 1. The predicted octanol–water partition coefficient (Wildman–Crippen LogP) is -0.608. The van der Waals surface area contributed by atoms with E-state index in [1.54, 1.807) is 10.1 Å². The third kappa shape index (κ3) is 7.61. The monoisotopic (exact) mass is 543 g/mol. The molecular formula is C18H25N9O5S3. The number of nitrogen functional groups attached to an aromatic ring is 1. The summed E-state index contributed by atoms with van der Waals surface area (Å²) in [5.41, 5.74) is 5.84. The van der Waals surface area contributed by atoms with Crippen LogP contribution in [-0.4, -0.2) is 107 Å². The first-order chi connectivity index (χ1) is 16.6. The molecule has 35 heavy (non-hydrogen) atoms. The number of nitrogens with zero attached hydrogens (tertiary/aromatic N) is 7. The number of likely N-dealkylation sites (N-methyl/N-ethyl adjacent to an activating group) is 1. The zero-order chi connectivity index (χ0) is 25.5. The SMILES string of the molecule is CN(C)CCn1nnnc1SCC1CS[C@H]([C@H](NC(=O)Cc2csc(N)n2)C(=O)O)N=C1C(=O)O. The largest absolute Gasteiger partial charge is 0.480 e. The smallest absolute Gasteiger partial charge is 0.350 e. The zero-order valence-corrected chi connectivity index (χ0v) is 21.3. The fraction of sp³-hybridized carbons (Fsp3) is 0.556.